The van der Waals surface area contributed by atoms with E-state index in [1.54, 1.807) is 26.8 Å². The number of rotatable bonds is 5. The molecule has 11 nitrogen and oxygen atoms in total. The molecule has 3 aromatic rings. The molecule has 4 rings (SSSR count). The summed E-state index contributed by atoms with van der Waals surface area (Å²) in [6.07, 6.45) is 0.827. The molecular formula is C25H24F2N6O5. The van der Waals surface area contributed by atoms with E-state index in [-0.39, 0.29) is 42.7 Å². The second kappa shape index (κ2) is 10.4. The van der Waals surface area contributed by atoms with Crippen molar-refractivity contribution in [2.24, 2.45) is 0 Å². The average Bonchev–Trinajstić information content (AvgIpc) is 2.83. The van der Waals surface area contributed by atoms with Gasteiger partial charge in [0.1, 0.15) is 35.3 Å². The molecule has 3 heterocycles. The topological polar surface area (TPSA) is 138 Å². The number of piperazine rings is 1. The van der Waals surface area contributed by atoms with Gasteiger partial charge in [0.2, 0.25) is 5.91 Å². The predicted octanol–water partition coefficient (Wildman–Crippen LogP) is 3.84. The number of hydrogen-bond donors (Lipinski definition) is 2. The fraction of sp³-hybridized carbons (Fsp3) is 0.280. The number of nitrogens with zero attached hydrogens (tertiary/aromatic N) is 5. The summed E-state index contributed by atoms with van der Waals surface area (Å²) in [6, 6.07) is 7.54. The SMILES string of the molecule is CC(C)(C)OC(=O)N1CCN(c2ccc(Nc3cc(-c4c(F)cccc4F)nnc3C(=O)O)nc2)C(=O)C1. The van der Waals surface area contributed by atoms with Gasteiger partial charge in [0.15, 0.2) is 5.69 Å². The molecule has 198 valence electrons. The van der Waals surface area contributed by atoms with Crippen LogP contribution in [-0.2, 0) is 9.53 Å². The van der Waals surface area contributed by atoms with E-state index < -0.39 is 40.6 Å². The Balaban J connectivity index is 1.51. The standard InChI is InChI=1S/C25H24F2N6O5/c1-25(2,3)38-24(37)32-9-10-33(20(34)13-32)14-7-8-19(28-12-14)29-18-11-17(30-31-22(18)23(35)36)21-15(26)5-4-6-16(21)27/h4-8,11-12H,9-10,13H2,1-3H3,(H,35,36)(H,28,29,30). The molecule has 0 atom stereocenters. The van der Waals surface area contributed by atoms with Crippen molar-refractivity contribution < 1.29 is 33.0 Å². The van der Waals surface area contributed by atoms with Crippen molar-refractivity contribution in [1.29, 1.82) is 0 Å². The van der Waals surface area contributed by atoms with E-state index in [9.17, 15) is 28.3 Å². The van der Waals surface area contributed by atoms with Gasteiger partial charge in [0.25, 0.3) is 0 Å². The Labute approximate surface area is 216 Å². The summed E-state index contributed by atoms with van der Waals surface area (Å²) >= 11 is 0. The highest BCUT2D eigenvalue weighted by atomic mass is 19.1. The van der Waals surface area contributed by atoms with E-state index in [0.717, 1.165) is 18.2 Å². The Bertz CT molecular complexity index is 1370. The minimum Gasteiger partial charge on any atom is -0.476 e. The van der Waals surface area contributed by atoms with Crippen LogP contribution in [0.25, 0.3) is 11.3 Å². The number of anilines is 3. The molecule has 0 saturated carbocycles. The molecule has 1 aromatic carbocycles. The summed E-state index contributed by atoms with van der Waals surface area (Å²) in [5.74, 6) is -3.32. The monoisotopic (exact) mass is 526 g/mol. The van der Waals surface area contributed by atoms with Crippen LogP contribution in [0.15, 0.2) is 42.6 Å². The van der Waals surface area contributed by atoms with Gasteiger partial charge in [-0.3, -0.25) is 9.69 Å². The van der Waals surface area contributed by atoms with Gasteiger partial charge in [0, 0.05) is 13.1 Å². The van der Waals surface area contributed by atoms with E-state index in [1.807, 2.05) is 0 Å². The Hall–Kier alpha value is -4.68. The van der Waals surface area contributed by atoms with Crippen LogP contribution in [0.3, 0.4) is 0 Å². The van der Waals surface area contributed by atoms with Gasteiger partial charge in [-0.25, -0.2) is 23.4 Å². The molecule has 0 radical (unpaired) electrons. The van der Waals surface area contributed by atoms with E-state index in [2.05, 4.69) is 20.5 Å². The highest BCUT2D eigenvalue weighted by molar-refractivity contribution is 5.97. The highest BCUT2D eigenvalue weighted by Gasteiger charge is 2.31. The lowest BCUT2D eigenvalue weighted by molar-refractivity contribution is -0.121. The number of amides is 2. The van der Waals surface area contributed by atoms with Gasteiger partial charge in [-0.1, -0.05) is 6.07 Å². The summed E-state index contributed by atoms with van der Waals surface area (Å²) in [5, 5.41) is 19.5. The second-order valence-electron chi connectivity index (χ2n) is 9.37. The molecule has 2 N–H and O–H groups in total. The first-order valence-electron chi connectivity index (χ1n) is 11.5. The van der Waals surface area contributed by atoms with Crippen molar-refractivity contribution in [3.8, 4) is 11.3 Å². The number of carboxylic acid groups (broad SMARTS) is 1. The third-order valence-electron chi connectivity index (χ3n) is 5.41. The van der Waals surface area contributed by atoms with E-state index in [4.69, 9.17) is 4.74 Å². The lowest BCUT2D eigenvalue weighted by Crippen LogP contribution is -2.53. The minimum absolute atomic E-state index is 0.0903. The van der Waals surface area contributed by atoms with Crippen LogP contribution in [-0.4, -0.2) is 68.4 Å². The largest absolute Gasteiger partial charge is 0.476 e. The van der Waals surface area contributed by atoms with Gasteiger partial charge in [-0.15, -0.1) is 10.2 Å². The Kier molecular flexibility index (Phi) is 7.19. The van der Waals surface area contributed by atoms with Crippen LogP contribution >= 0.6 is 0 Å². The summed E-state index contributed by atoms with van der Waals surface area (Å²) in [6.45, 7) is 5.55. The van der Waals surface area contributed by atoms with Crippen LogP contribution in [0, 0.1) is 11.6 Å². The van der Waals surface area contributed by atoms with Crippen molar-refractivity contribution in [1.82, 2.24) is 20.1 Å². The molecule has 1 aliphatic heterocycles. The molecule has 0 bridgehead atoms. The van der Waals surface area contributed by atoms with Gasteiger partial charge in [-0.2, -0.15) is 0 Å². The molecule has 13 heteroatoms. The fourth-order valence-corrected chi connectivity index (χ4v) is 3.70. The number of aromatic nitrogens is 3. The number of benzene rings is 1. The molecule has 38 heavy (non-hydrogen) atoms. The van der Waals surface area contributed by atoms with Crippen molar-refractivity contribution in [3.05, 3.63) is 59.9 Å². The summed E-state index contributed by atoms with van der Waals surface area (Å²) < 4.78 is 33.8. The molecule has 1 aliphatic rings. The van der Waals surface area contributed by atoms with Gasteiger partial charge in [-0.05, 0) is 51.1 Å². The molecule has 2 aromatic heterocycles. The van der Waals surface area contributed by atoms with Gasteiger partial charge < -0.3 is 20.1 Å². The predicted molar refractivity (Wildman–Crippen MR) is 132 cm³/mol. The number of ether oxygens (including phenoxy) is 1. The second-order valence-corrected chi connectivity index (χ2v) is 9.37. The average molecular weight is 527 g/mol. The Morgan fingerprint density at radius 1 is 1.08 bits per heavy atom. The maximum Gasteiger partial charge on any atom is 0.410 e. The van der Waals surface area contributed by atoms with Crippen LogP contribution in [0.5, 0.6) is 0 Å². The smallest absolute Gasteiger partial charge is 0.410 e. The van der Waals surface area contributed by atoms with Gasteiger partial charge in [0.05, 0.1) is 23.1 Å². The molecule has 2 amide bonds. The minimum atomic E-state index is -1.41. The number of nitrogens with one attached hydrogen (secondary N) is 1. The fourth-order valence-electron chi connectivity index (χ4n) is 3.70. The number of aromatic carboxylic acids is 1. The zero-order chi connectivity index (χ0) is 27.6. The summed E-state index contributed by atoms with van der Waals surface area (Å²) in [5.41, 5.74) is -1.45. The highest BCUT2D eigenvalue weighted by Crippen LogP contribution is 2.29. The molecule has 0 aliphatic carbocycles. The number of carbonyl (C=O) groups excluding carboxylic acids is 2. The van der Waals surface area contributed by atoms with Crippen LogP contribution < -0.4 is 10.2 Å². The number of halogens is 2. The Morgan fingerprint density at radius 3 is 2.37 bits per heavy atom. The molecule has 0 unspecified atom stereocenters. The first-order valence-corrected chi connectivity index (χ1v) is 11.5. The first kappa shape index (κ1) is 26.4. The van der Waals surface area contributed by atoms with E-state index in [0.29, 0.717) is 5.69 Å². The van der Waals surface area contributed by atoms with Crippen molar-refractivity contribution in [3.63, 3.8) is 0 Å². The van der Waals surface area contributed by atoms with Crippen molar-refractivity contribution in [2.75, 3.05) is 29.9 Å². The summed E-state index contributed by atoms with van der Waals surface area (Å²) in [4.78, 5) is 43.6. The lowest BCUT2D eigenvalue weighted by atomic mass is 10.1. The summed E-state index contributed by atoms with van der Waals surface area (Å²) in [7, 11) is 0. The van der Waals surface area contributed by atoms with Crippen LogP contribution in [0.2, 0.25) is 0 Å². The van der Waals surface area contributed by atoms with Crippen molar-refractivity contribution in [2.45, 2.75) is 26.4 Å². The third kappa shape index (κ3) is 5.82. The quantitative estimate of drug-likeness (QED) is 0.508. The van der Waals surface area contributed by atoms with E-state index >= 15 is 0 Å². The number of carboxylic acids is 1. The lowest BCUT2D eigenvalue weighted by Gasteiger charge is -2.35. The van der Waals surface area contributed by atoms with Crippen LogP contribution in [0.1, 0.15) is 31.3 Å². The third-order valence-corrected chi connectivity index (χ3v) is 5.41. The molecule has 1 saturated heterocycles. The van der Waals surface area contributed by atoms with E-state index in [1.165, 1.54) is 28.1 Å². The van der Waals surface area contributed by atoms with Crippen LogP contribution in [0.4, 0.5) is 30.8 Å². The Morgan fingerprint density at radius 2 is 1.79 bits per heavy atom. The van der Waals surface area contributed by atoms with Crippen molar-refractivity contribution >= 4 is 35.2 Å². The number of carbonyl (C=O) groups is 3. The zero-order valence-corrected chi connectivity index (χ0v) is 20.7. The molecule has 0 spiro atoms. The number of pyridine rings is 1. The van der Waals surface area contributed by atoms with Gasteiger partial charge >= 0.3 is 12.1 Å². The molecule has 1 fully saturated rings. The molecular weight excluding hydrogens is 502 g/mol. The maximum atomic E-state index is 14.2. The normalized spacial score (nSPS) is 13.9. The number of hydrogen-bond acceptors (Lipinski definition) is 8. The zero-order valence-electron chi connectivity index (χ0n) is 20.7. The first-order chi connectivity index (χ1) is 17.9. The maximum absolute atomic E-state index is 14.2.